The fourth-order valence-electron chi connectivity index (χ4n) is 1.57. The SMILES string of the molecule is CCCc1ccc(OCNC(=O)NCCCO)cc1. The minimum Gasteiger partial charge on any atom is -0.473 e. The van der Waals surface area contributed by atoms with Crippen LogP contribution >= 0.6 is 0 Å². The van der Waals surface area contributed by atoms with E-state index in [2.05, 4.69) is 17.6 Å². The molecule has 0 fully saturated rings. The minimum absolute atomic E-state index is 0.0703. The maximum absolute atomic E-state index is 11.3. The Morgan fingerprint density at radius 3 is 2.63 bits per heavy atom. The number of carbonyl (C=O) groups is 1. The van der Waals surface area contributed by atoms with Gasteiger partial charge in [0, 0.05) is 13.2 Å². The van der Waals surface area contributed by atoms with Gasteiger partial charge in [-0.1, -0.05) is 25.5 Å². The maximum atomic E-state index is 11.3. The first-order valence-corrected chi connectivity index (χ1v) is 6.60. The average molecular weight is 266 g/mol. The van der Waals surface area contributed by atoms with Crippen molar-refractivity contribution < 1.29 is 14.6 Å². The van der Waals surface area contributed by atoms with Gasteiger partial charge in [0.2, 0.25) is 0 Å². The van der Waals surface area contributed by atoms with E-state index < -0.39 is 0 Å². The van der Waals surface area contributed by atoms with Crippen molar-refractivity contribution in [1.82, 2.24) is 10.6 Å². The summed E-state index contributed by atoms with van der Waals surface area (Å²) in [5.74, 6) is 0.732. The third-order valence-electron chi connectivity index (χ3n) is 2.55. The highest BCUT2D eigenvalue weighted by Gasteiger charge is 1.99. The predicted octanol–water partition coefficient (Wildman–Crippen LogP) is 1.66. The van der Waals surface area contributed by atoms with E-state index in [1.807, 2.05) is 24.3 Å². The lowest BCUT2D eigenvalue weighted by Gasteiger charge is -2.09. The van der Waals surface area contributed by atoms with Crippen LogP contribution in [0.25, 0.3) is 0 Å². The standard InChI is InChI=1S/C14H22N2O3/c1-2-4-12-5-7-13(8-6-12)19-11-16-14(18)15-9-3-10-17/h5-8,17H,2-4,9-11H2,1H3,(H2,15,16,18). The Labute approximate surface area is 114 Å². The lowest BCUT2D eigenvalue weighted by Crippen LogP contribution is -2.38. The number of aryl methyl sites for hydroxylation is 1. The second-order valence-electron chi connectivity index (χ2n) is 4.19. The fourth-order valence-corrected chi connectivity index (χ4v) is 1.57. The van der Waals surface area contributed by atoms with E-state index in [1.54, 1.807) is 0 Å². The van der Waals surface area contributed by atoms with E-state index in [0.717, 1.165) is 18.6 Å². The number of carbonyl (C=O) groups excluding carboxylic acids is 1. The highest BCUT2D eigenvalue weighted by Crippen LogP contribution is 2.12. The number of hydrogen-bond donors (Lipinski definition) is 3. The highest BCUT2D eigenvalue weighted by molar-refractivity contribution is 5.73. The van der Waals surface area contributed by atoms with Crippen LogP contribution in [0.3, 0.4) is 0 Å². The second kappa shape index (κ2) is 9.22. The molecule has 0 atom stereocenters. The molecule has 5 nitrogen and oxygen atoms in total. The Bertz CT molecular complexity index is 365. The lowest BCUT2D eigenvalue weighted by molar-refractivity contribution is 0.222. The Morgan fingerprint density at radius 1 is 1.26 bits per heavy atom. The number of aliphatic hydroxyl groups excluding tert-OH is 1. The van der Waals surface area contributed by atoms with Crippen LogP contribution in [-0.4, -0.2) is 31.0 Å². The van der Waals surface area contributed by atoms with E-state index >= 15 is 0 Å². The molecule has 0 spiro atoms. The van der Waals surface area contributed by atoms with Crippen molar-refractivity contribution in [3.05, 3.63) is 29.8 Å². The predicted molar refractivity (Wildman–Crippen MR) is 74.2 cm³/mol. The van der Waals surface area contributed by atoms with Crippen molar-refractivity contribution in [3.63, 3.8) is 0 Å². The van der Waals surface area contributed by atoms with Crippen molar-refractivity contribution >= 4 is 6.03 Å². The van der Waals surface area contributed by atoms with Crippen LogP contribution in [0.5, 0.6) is 5.75 Å². The molecule has 0 heterocycles. The molecule has 0 aliphatic heterocycles. The molecule has 1 rings (SSSR count). The largest absolute Gasteiger partial charge is 0.473 e. The minimum atomic E-state index is -0.295. The van der Waals surface area contributed by atoms with E-state index in [9.17, 15) is 4.79 Å². The van der Waals surface area contributed by atoms with Gasteiger partial charge in [0.05, 0.1) is 0 Å². The summed E-state index contributed by atoms with van der Waals surface area (Å²) in [6.45, 7) is 2.79. The van der Waals surface area contributed by atoms with Gasteiger partial charge in [0.25, 0.3) is 0 Å². The van der Waals surface area contributed by atoms with Gasteiger partial charge >= 0.3 is 6.03 Å². The van der Waals surface area contributed by atoms with Crippen LogP contribution in [0.1, 0.15) is 25.3 Å². The van der Waals surface area contributed by atoms with Crippen LogP contribution in [0.15, 0.2) is 24.3 Å². The molecule has 5 heteroatoms. The van der Waals surface area contributed by atoms with Gasteiger partial charge in [-0.3, -0.25) is 0 Å². The molecule has 0 aliphatic carbocycles. The first kappa shape index (κ1) is 15.3. The summed E-state index contributed by atoms with van der Waals surface area (Å²) in [5, 5.41) is 13.7. The summed E-state index contributed by atoms with van der Waals surface area (Å²) in [7, 11) is 0. The van der Waals surface area contributed by atoms with Crippen LogP contribution in [0.4, 0.5) is 4.79 Å². The Kier molecular flexibility index (Phi) is 7.43. The topological polar surface area (TPSA) is 70.6 Å². The Balaban J connectivity index is 2.19. The van der Waals surface area contributed by atoms with Crippen molar-refractivity contribution in [2.45, 2.75) is 26.2 Å². The molecule has 0 aliphatic rings. The molecular formula is C14H22N2O3. The number of ether oxygens (including phenoxy) is 1. The van der Waals surface area contributed by atoms with Crippen LogP contribution in [-0.2, 0) is 6.42 Å². The molecule has 0 radical (unpaired) electrons. The summed E-state index contributed by atoms with van der Waals surface area (Å²) in [5.41, 5.74) is 1.28. The summed E-state index contributed by atoms with van der Waals surface area (Å²) in [6.07, 6.45) is 2.73. The molecule has 0 bridgehead atoms. The number of urea groups is 1. The number of rotatable bonds is 8. The van der Waals surface area contributed by atoms with E-state index in [1.165, 1.54) is 5.56 Å². The number of nitrogens with one attached hydrogen (secondary N) is 2. The van der Waals surface area contributed by atoms with Gasteiger partial charge in [-0.2, -0.15) is 0 Å². The fraction of sp³-hybridized carbons (Fsp3) is 0.500. The van der Waals surface area contributed by atoms with Gasteiger partial charge < -0.3 is 20.5 Å². The monoisotopic (exact) mass is 266 g/mol. The van der Waals surface area contributed by atoms with Gasteiger partial charge in [0.1, 0.15) is 5.75 Å². The van der Waals surface area contributed by atoms with Gasteiger partial charge in [-0.25, -0.2) is 4.79 Å². The maximum Gasteiger partial charge on any atom is 0.317 e. The van der Waals surface area contributed by atoms with Crippen LogP contribution in [0, 0.1) is 0 Å². The molecule has 19 heavy (non-hydrogen) atoms. The first-order chi connectivity index (χ1) is 9.26. The third kappa shape index (κ3) is 6.67. The molecule has 3 N–H and O–H groups in total. The van der Waals surface area contributed by atoms with E-state index in [0.29, 0.717) is 13.0 Å². The average Bonchev–Trinajstić information content (AvgIpc) is 2.41. The summed E-state index contributed by atoms with van der Waals surface area (Å²) in [4.78, 5) is 11.3. The summed E-state index contributed by atoms with van der Waals surface area (Å²) < 4.78 is 5.39. The van der Waals surface area contributed by atoms with Crippen LogP contribution < -0.4 is 15.4 Å². The molecular weight excluding hydrogens is 244 g/mol. The quantitative estimate of drug-likeness (QED) is 0.495. The van der Waals surface area contributed by atoms with E-state index in [-0.39, 0.29) is 19.4 Å². The normalized spacial score (nSPS) is 10.0. The number of hydrogen-bond acceptors (Lipinski definition) is 3. The van der Waals surface area contributed by atoms with Crippen molar-refractivity contribution in [3.8, 4) is 5.75 Å². The summed E-state index contributed by atoms with van der Waals surface area (Å²) >= 11 is 0. The van der Waals surface area contributed by atoms with Crippen molar-refractivity contribution in [2.75, 3.05) is 19.9 Å². The third-order valence-corrected chi connectivity index (χ3v) is 2.55. The molecule has 0 saturated carbocycles. The number of aliphatic hydroxyl groups is 1. The van der Waals surface area contributed by atoms with Gasteiger partial charge in [0.15, 0.2) is 6.73 Å². The zero-order valence-electron chi connectivity index (χ0n) is 11.3. The van der Waals surface area contributed by atoms with Crippen LogP contribution in [0.2, 0.25) is 0 Å². The van der Waals surface area contributed by atoms with Crippen molar-refractivity contribution in [2.24, 2.45) is 0 Å². The molecule has 0 unspecified atom stereocenters. The zero-order chi connectivity index (χ0) is 13.9. The van der Waals surface area contributed by atoms with Crippen molar-refractivity contribution in [1.29, 1.82) is 0 Å². The Morgan fingerprint density at radius 2 is 2.00 bits per heavy atom. The summed E-state index contributed by atoms with van der Waals surface area (Å²) in [6, 6.07) is 7.56. The number of benzene rings is 1. The van der Waals surface area contributed by atoms with Gasteiger partial charge in [-0.05, 0) is 30.5 Å². The molecule has 0 aromatic heterocycles. The van der Waals surface area contributed by atoms with Gasteiger partial charge in [-0.15, -0.1) is 0 Å². The lowest BCUT2D eigenvalue weighted by atomic mass is 10.1. The van der Waals surface area contributed by atoms with E-state index in [4.69, 9.17) is 9.84 Å². The Hall–Kier alpha value is -1.75. The molecule has 106 valence electrons. The zero-order valence-corrected chi connectivity index (χ0v) is 11.3. The second-order valence-corrected chi connectivity index (χ2v) is 4.19. The first-order valence-electron chi connectivity index (χ1n) is 6.60. The number of amides is 2. The molecule has 1 aromatic rings. The molecule has 1 aromatic carbocycles. The molecule has 0 saturated heterocycles. The highest BCUT2D eigenvalue weighted by atomic mass is 16.5. The molecule has 2 amide bonds. The smallest absolute Gasteiger partial charge is 0.317 e.